The molecule has 1 heterocycles. The summed E-state index contributed by atoms with van der Waals surface area (Å²) in [5, 5.41) is 4.46. The van der Waals surface area contributed by atoms with Crippen LogP contribution in [0.25, 0.3) is 0 Å². The monoisotopic (exact) mass is 401 g/mol. The molecule has 1 aromatic carbocycles. The number of hydrogen-bond donors (Lipinski definition) is 1. The van der Waals surface area contributed by atoms with E-state index in [1.165, 1.54) is 0 Å². The molecule has 0 spiro atoms. The third kappa shape index (κ3) is 3.62. The lowest BCUT2D eigenvalue weighted by atomic mass is 10.2. The summed E-state index contributed by atoms with van der Waals surface area (Å²) in [6.07, 6.45) is 1.96. The van der Waals surface area contributed by atoms with Crippen LogP contribution in [0.4, 0.5) is 0 Å². The van der Waals surface area contributed by atoms with E-state index in [1.54, 1.807) is 0 Å². The first kappa shape index (κ1) is 15.5. The van der Waals surface area contributed by atoms with Crippen LogP contribution in [0.1, 0.15) is 31.1 Å². The molecular weight excluding hydrogens is 386 g/mol. The highest BCUT2D eigenvalue weighted by atomic mass is 79.9. The van der Waals surface area contributed by atoms with Crippen LogP contribution in [0.2, 0.25) is 0 Å². The van der Waals surface area contributed by atoms with Gasteiger partial charge in [0.05, 0.1) is 14.6 Å². The van der Waals surface area contributed by atoms with Gasteiger partial charge in [-0.05, 0) is 69.5 Å². The predicted octanol–water partition coefficient (Wildman–Crippen LogP) is 4.03. The van der Waals surface area contributed by atoms with Gasteiger partial charge in [0.25, 0.3) is 0 Å². The molecule has 0 atom stereocenters. The van der Waals surface area contributed by atoms with Gasteiger partial charge in [0, 0.05) is 18.8 Å². The Hall–Kier alpha value is -0.850. The SMILES string of the molecule is CC(C)n1ccc(COc2c(Br)cc(CN)cc2Br)n1. The maximum absolute atomic E-state index is 5.84. The van der Waals surface area contributed by atoms with Gasteiger partial charge in [0.15, 0.2) is 0 Å². The number of aromatic nitrogens is 2. The molecular formula is C14H17Br2N3O. The Bertz CT molecular complexity index is 573. The summed E-state index contributed by atoms with van der Waals surface area (Å²) in [6, 6.07) is 6.25. The van der Waals surface area contributed by atoms with Crippen LogP contribution in [0.5, 0.6) is 5.75 Å². The Kier molecular flexibility index (Phi) is 5.23. The average molecular weight is 403 g/mol. The van der Waals surface area contributed by atoms with Crippen molar-refractivity contribution < 1.29 is 4.74 Å². The molecule has 0 aliphatic rings. The summed E-state index contributed by atoms with van der Waals surface area (Å²) in [4.78, 5) is 0. The third-order valence-corrected chi connectivity index (χ3v) is 4.03. The summed E-state index contributed by atoms with van der Waals surface area (Å²) < 4.78 is 9.52. The van der Waals surface area contributed by atoms with Crippen molar-refractivity contribution in [3.8, 4) is 5.75 Å². The topological polar surface area (TPSA) is 53.1 Å². The quantitative estimate of drug-likeness (QED) is 0.821. The normalized spacial score (nSPS) is 11.1. The van der Waals surface area contributed by atoms with Crippen LogP contribution in [0, 0.1) is 0 Å². The molecule has 0 unspecified atom stereocenters. The van der Waals surface area contributed by atoms with Crippen molar-refractivity contribution in [2.24, 2.45) is 5.73 Å². The van der Waals surface area contributed by atoms with Gasteiger partial charge in [-0.1, -0.05) is 0 Å². The van der Waals surface area contributed by atoms with Crippen molar-refractivity contribution >= 4 is 31.9 Å². The molecule has 0 amide bonds. The Morgan fingerprint density at radius 3 is 2.45 bits per heavy atom. The van der Waals surface area contributed by atoms with Crippen molar-refractivity contribution in [2.75, 3.05) is 0 Å². The zero-order valence-electron chi connectivity index (χ0n) is 11.4. The Morgan fingerprint density at radius 1 is 1.30 bits per heavy atom. The Morgan fingerprint density at radius 2 is 1.95 bits per heavy atom. The number of ether oxygens (including phenoxy) is 1. The molecule has 0 bridgehead atoms. The van der Waals surface area contributed by atoms with Crippen molar-refractivity contribution in [1.82, 2.24) is 9.78 Å². The van der Waals surface area contributed by atoms with E-state index in [0.29, 0.717) is 19.2 Å². The highest BCUT2D eigenvalue weighted by Crippen LogP contribution is 2.35. The maximum atomic E-state index is 5.84. The van der Waals surface area contributed by atoms with E-state index in [1.807, 2.05) is 29.1 Å². The summed E-state index contributed by atoms with van der Waals surface area (Å²) in [5.41, 5.74) is 7.58. The summed E-state index contributed by atoms with van der Waals surface area (Å²) in [5.74, 6) is 0.765. The Balaban J connectivity index is 2.10. The van der Waals surface area contributed by atoms with Gasteiger partial charge in [0.1, 0.15) is 12.4 Å². The molecule has 0 aliphatic heterocycles. The van der Waals surface area contributed by atoms with E-state index < -0.39 is 0 Å². The molecule has 108 valence electrons. The lowest BCUT2D eigenvalue weighted by molar-refractivity contribution is 0.295. The zero-order valence-corrected chi connectivity index (χ0v) is 14.6. The average Bonchev–Trinajstić information content (AvgIpc) is 2.86. The number of benzene rings is 1. The molecule has 20 heavy (non-hydrogen) atoms. The summed E-state index contributed by atoms with van der Waals surface area (Å²) in [7, 11) is 0. The van der Waals surface area contributed by atoms with Crippen molar-refractivity contribution in [1.29, 1.82) is 0 Å². The number of nitrogens with two attached hydrogens (primary N) is 1. The number of nitrogens with zero attached hydrogens (tertiary/aromatic N) is 2. The second kappa shape index (κ2) is 6.74. The molecule has 0 saturated carbocycles. The van der Waals surface area contributed by atoms with Crippen LogP contribution < -0.4 is 10.5 Å². The smallest absolute Gasteiger partial charge is 0.148 e. The van der Waals surface area contributed by atoms with Gasteiger partial charge in [0.2, 0.25) is 0 Å². The molecule has 0 saturated heterocycles. The molecule has 0 fully saturated rings. The van der Waals surface area contributed by atoms with Crippen LogP contribution in [-0.2, 0) is 13.2 Å². The fraction of sp³-hybridized carbons (Fsp3) is 0.357. The van der Waals surface area contributed by atoms with E-state index in [0.717, 1.165) is 26.0 Å². The number of hydrogen-bond acceptors (Lipinski definition) is 3. The third-order valence-electron chi connectivity index (χ3n) is 2.85. The van der Waals surface area contributed by atoms with E-state index in [-0.39, 0.29) is 0 Å². The lowest BCUT2D eigenvalue weighted by Gasteiger charge is -2.11. The first-order valence-corrected chi connectivity index (χ1v) is 7.94. The summed E-state index contributed by atoms with van der Waals surface area (Å²) >= 11 is 7.01. The van der Waals surface area contributed by atoms with E-state index in [2.05, 4.69) is 50.8 Å². The van der Waals surface area contributed by atoms with Gasteiger partial charge in [-0.3, -0.25) is 4.68 Å². The molecule has 2 rings (SSSR count). The van der Waals surface area contributed by atoms with Gasteiger partial charge < -0.3 is 10.5 Å². The summed E-state index contributed by atoms with van der Waals surface area (Å²) in [6.45, 7) is 5.11. The molecule has 1 aromatic heterocycles. The first-order chi connectivity index (χ1) is 9.51. The zero-order chi connectivity index (χ0) is 14.7. The van der Waals surface area contributed by atoms with Crippen molar-refractivity contribution in [2.45, 2.75) is 33.0 Å². The molecule has 0 aliphatic carbocycles. The minimum Gasteiger partial charge on any atom is -0.485 e. The molecule has 4 nitrogen and oxygen atoms in total. The van der Waals surface area contributed by atoms with Gasteiger partial charge in [-0.25, -0.2) is 0 Å². The standard InChI is InChI=1S/C14H17Br2N3O/c1-9(2)19-4-3-11(18-19)8-20-14-12(15)5-10(7-17)6-13(14)16/h3-6,9H,7-8,17H2,1-2H3. The van der Waals surface area contributed by atoms with Crippen LogP contribution >= 0.6 is 31.9 Å². The predicted molar refractivity (Wildman–Crippen MR) is 86.7 cm³/mol. The number of rotatable bonds is 5. The van der Waals surface area contributed by atoms with Crippen LogP contribution in [-0.4, -0.2) is 9.78 Å². The van der Waals surface area contributed by atoms with Crippen molar-refractivity contribution in [3.05, 3.63) is 44.6 Å². The second-order valence-corrected chi connectivity index (χ2v) is 6.47. The van der Waals surface area contributed by atoms with Gasteiger partial charge >= 0.3 is 0 Å². The minimum absolute atomic E-state index is 0.353. The van der Waals surface area contributed by atoms with E-state index in [9.17, 15) is 0 Å². The minimum atomic E-state index is 0.353. The van der Waals surface area contributed by atoms with Crippen LogP contribution in [0.15, 0.2) is 33.3 Å². The highest BCUT2D eigenvalue weighted by molar-refractivity contribution is 9.11. The van der Waals surface area contributed by atoms with Gasteiger partial charge in [-0.2, -0.15) is 5.10 Å². The van der Waals surface area contributed by atoms with Crippen molar-refractivity contribution in [3.63, 3.8) is 0 Å². The number of halogens is 2. The first-order valence-electron chi connectivity index (χ1n) is 6.36. The molecule has 2 aromatic rings. The van der Waals surface area contributed by atoms with E-state index >= 15 is 0 Å². The highest BCUT2D eigenvalue weighted by Gasteiger charge is 2.10. The van der Waals surface area contributed by atoms with E-state index in [4.69, 9.17) is 10.5 Å². The Labute approximate surface area is 135 Å². The lowest BCUT2D eigenvalue weighted by Crippen LogP contribution is -2.04. The molecule has 0 radical (unpaired) electrons. The molecule has 6 heteroatoms. The molecule has 2 N–H and O–H groups in total. The fourth-order valence-corrected chi connectivity index (χ4v) is 3.27. The maximum Gasteiger partial charge on any atom is 0.148 e. The second-order valence-electron chi connectivity index (χ2n) is 4.76. The van der Waals surface area contributed by atoms with Gasteiger partial charge in [-0.15, -0.1) is 0 Å². The largest absolute Gasteiger partial charge is 0.485 e. The fourth-order valence-electron chi connectivity index (χ4n) is 1.76. The van der Waals surface area contributed by atoms with Crippen LogP contribution in [0.3, 0.4) is 0 Å².